The van der Waals surface area contributed by atoms with E-state index in [1.54, 1.807) is 0 Å². The molecule has 0 amide bonds. The van der Waals surface area contributed by atoms with E-state index in [9.17, 15) is 0 Å². The molecular weight excluding hydrogens is 192 g/mol. The van der Waals surface area contributed by atoms with Crippen molar-refractivity contribution in [1.29, 1.82) is 0 Å². The quantitative estimate of drug-likeness (QED) is 0.826. The van der Waals surface area contributed by atoms with Gasteiger partial charge in [-0.2, -0.15) is 0 Å². The maximum absolute atomic E-state index is 4.66. The first-order valence-corrected chi connectivity index (χ1v) is 6.31. The van der Waals surface area contributed by atoms with Crippen molar-refractivity contribution in [1.82, 2.24) is 10.3 Å². The van der Waals surface area contributed by atoms with Crippen LogP contribution in [0.1, 0.15) is 49.7 Å². The lowest BCUT2D eigenvalue weighted by molar-refractivity contribution is 0.417. The molecule has 0 unspecified atom stereocenters. The molecule has 1 saturated carbocycles. The van der Waals surface area contributed by atoms with Gasteiger partial charge in [-0.1, -0.05) is 20.3 Å². The average Bonchev–Trinajstić information content (AvgIpc) is 2.46. The number of thiazole rings is 1. The first-order chi connectivity index (χ1) is 6.75. The lowest BCUT2D eigenvalue weighted by Gasteiger charge is -2.22. The largest absolute Gasteiger partial charge is 0.309 e. The van der Waals surface area contributed by atoms with Gasteiger partial charge in [-0.3, -0.25) is 0 Å². The van der Waals surface area contributed by atoms with Crippen LogP contribution in [0.15, 0.2) is 5.38 Å². The van der Waals surface area contributed by atoms with Gasteiger partial charge in [0.1, 0.15) is 0 Å². The number of hydrogen-bond donors (Lipinski definition) is 1. The zero-order valence-electron chi connectivity index (χ0n) is 8.92. The van der Waals surface area contributed by atoms with Gasteiger partial charge in [-0.05, 0) is 12.8 Å². The third-order valence-corrected chi connectivity index (χ3v) is 3.77. The van der Waals surface area contributed by atoms with Gasteiger partial charge in [-0.25, -0.2) is 4.98 Å². The lowest BCUT2D eigenvalue weighted by atomic mass is 9.86. The Morgan fingerprint density at radius 1 is 1.57 bits per heavy atom. The second-order valence-corrected chi connectivity index (χ2v) is 5.23. The molecule has 14 heavy (non-hydrogen) atoms. The number of nitrogens with one attached hydrogen (secondary N) is 1. The first-order valence-electron chi connectivity index (χ1n) is 5.43. The van der Waals surface area contributed by atoms with E-state index in [4.69, 9.17) is 0 Å². The molecule has 1 aromatic heterocycles. The molecule has 0 aromatic carbocycles. The van der Waals surface area contributed by atoms with Crippen LogP contribution >= 0.6 is 11.3 Å². The van der Waals surface area contributed by atoms with Crippen LogP contribution in [0.25, 0.3) is 0 Å². The van der Waals surface area contributed by atoms with Gasteiger partial charge >= 0.3 is 0 Å². The zero-order chi connectivity index (χ0) is 9.97. The zero-order valence-corrected chi connectivity index (χ0v) is 9.73. The normalized spacial score (nSPS) is 17.4. The van der Waals surface area contributed by atoms with E-state index in [1.165, 1.54) is 30.0 Å². The van der Waals surface area contributed by atoms with Crippen molar-refractivity contribution in [2.24, 2.45) is 0 Å². The summed E-state index contributed by atoms with van der Waals surface area (Å²) in [4.78, 5) is 4.66. The standard InChI is InChI=1S/C11H18N2S/c1-8(2)12-6-10-7-14-11(13-10)9-4-3-5-9/h7-9,12H,3-6H2,1-2H3. The molecular formula is C11H18N2S. The highest BCUT2D eigenvalue weighted by molar-refractivity contribution is 7.09. The topological polar surface area (TPSA) is 24.9 Å². The second kappa shape index (κ2) is 4.41. The van der Waals surface area contributed by atoms with Crippen molar-refractivity contribution >= 4 is 11.3 Å². The predicted molar refractivity (Wildman–Crippen MR) is 60.7 cm³/mol. The molecule has 1 fully saturated rings. The van der Waals surface area contributed by atoms with Gasteiger partial charge in [0.05, 0.1) is 10.7 Å². The monoisotopic (exact) mass is 210 g/mol. The van der Waals surface area contributed by atoms with Gasteiger partial charge < -0.3 is 5.32 Å². The Bertz CT molecular complexity index is 289. The van der Waals surface area contributed by atoms with E-state index < -0.39 is 0 Å². The van der Waals surface area contributed by atoms with E-state index >= 15 is 0 Å². The Kier molecular flexibility index (Phi) is 3.19. The Morgan fingerprint density at radius 2 is 2.36 bits per heavy atom. The molecule has 0 radical (unpaired) electrons. The minimum atomic E-state index is 0.545. The molecule has 2 rings (SSSR count). The highest BCUT2D eigenvalue weighted by Gasteiger charge is 2.22. The molecule has 2 nitrogen and oxygen atoms in total. The SMILES string of the molecule is CC(C)NCc1csc(C2CCC2)n1. The molecule has 78 valence electrons. The third-order valence-electron chi connectivity index (χ3n) is 2.72. The van der Waals surface area contributed by atoms with Crippen LogP contribution in [0, 0.1) is 0 Å². The highest BCUT2D eigenvalue weighted by atomic mass is 32.1. The fraction of sp³-hybridized carbons (Fsp3) is 0.727. The molecule has 1 aromatic rings. The summed E-state index contributed by atoms with van der Waals surface area (Å²) in [7, 11) is 0. The Morgan fingerprint density at radius 3 is 2.93 bits per heavy atom. The highest BCUT2D eigenvalue weighted by Crippen LogP contribution is 2.37. The van der Waals surface area contributed by atoms with Crippen LogP contribution in [-0.4, -0.2) is 11.0 Å². The summed E-state index contributed by atoms with van der Waals surface area (Å²) < 4.78 is 0. The number of hydrogen-bond acceptors (Lipinski definition) is 3. The Labute approximate surface area is 89.8 Å². The fourth-order valence-corrected chi connectivity index (χ4v) is 2.55. The van der Waals surface area contributed by atoms with E-state index in [0.29, 0.717) is 6.04 Å². The molecule has 1 aliphatic rings. The second-order valence-electron chi connectivity index (χ2n) is 4.34. The minimum absolute atomic E-state index is 0.545. The summed E-state index contributed by atoms with van der Waals surface area (Å²) >= 11 is 1.83. The summed E-state index contributed by atoms with van der Waals surface area (Å²) in [6.45, 7) is 5.25. The minimum Gasteiger partial charge on any atom is -0.309 e. The smallest absolute Gasteiger partial charge is 0.0959 e. The van der Waals surface area contributed by atoms with Crippen LogP contribution < -0.4 is 5.32 Å². The van der Waals surface area contributed by atoms with Crippen molar-refractivity contribution in [3.05, 3.63) is 16.1 Å². The van der Waals surface area contributed by atoms with Gasteiger partial charge in [0.25, 0.3) is 0 Å². The van der Waals surface area contributed by atoms with E-state index in [2.05, 4.69) is 29.5 Å². The molecule has 0 atom stereocenters. The van der Waals surface area contributed by atoms with Crippen molar-refractivity contribution in [3.8, 4) is 0 Å². The maximum Gasteiger partial charge on any atom is 0.0959 e. The number of aromatic nitrogens is 1. The van der Waals surface area contributed by atoms with E-state index in [-0.39, 0.29) is 0 Å². The van der Waals surface area contributed by atoms with Gasteiger partial charge in [0.15, 0.2) is 0 Å². The van der Waals surface area contributed by atoms with Gasteiger partial charge in [0, 0.05) is 23.9 Å². The van der Waals surface area contributed by atoms with Gasteiger partial charge in [0.2, 0.25) is 0 Å². The van der Waals surface area contributed by atoms with Crippen LogP contribution in [-0.2, 0) is 6.54 Å². The van der Waals surface area contributed by atoms with Crippen LogP contribution in [0.4, 0.5) is 0 Å². The average molecular weight is 210 g/mol. The maximum atomic E-state index is 4.66. The first kappa shape index (κ1) is 10.1. The number of nitrogens with zero attached hydrogens (tertiary/aromatic N) is 1. The summed E-state index contributed by atoms with van der Waals surface area (Å²) in [5.41, 5.74) is 1.21. The summed E-state index contributed by atoms with van der Waals surface area (Å²) in [5, 5.41) is 6.95. The van der Waals surface area contributed by atoms with E-state index in [0.717, 1.165) is 12.5 Å². The molecule has 0 saturated heterocycles. The van der Waals surface area contributed by atoms with E-state index in [1.807, 2.05) is 11.3 Å². The van der Waals surface area contributed by atoms with Crippen molar-refractivity contribution in [3.63, 3.8) is 0 Å². The number of rotatable bonds is 4. The van der Waals surface area contributed by atoms with Crippen LogP contribution in [0.5, 0.6) is 0 Å². The molecule has 0 aliphatic heterocycles. The molecule has 0 bridgehead atoms. The molecule has 1 heterocycles. The third kappa shape index (κ3) is 2.34. The summed E-state index contributed by atoms with van der Waals surface area (Å²) in [5.74, 6) is 0.785. The molecule has 0 spiro atoms. The Balaban J connectivity index is 1.89. The Hall–Kier alpha value is -0.410. The lowest BCUT2D eigenvalue weighted by Crippen LogP contribution is -2.22. The van der Waals surface area contributed by atoms with Crippen molar-refractivity contribution in [2.75, 3.05) is 0 Å². The van der Waals surface area contributed by atoms with Crippen LogP contribution in [0.3, 0.4) is 0 Å². The van der Waals surface area contributed by atoms with Crippen LogP contribution in [0.2, 0.25) is 0 Å². The molecule has 1 N–H and O–H groups in total. The predicted octanol–water partition coefficient (Wildman–Crippen LogP) is 2.91. The van der Waals surface area contributed by atoms with Gasteiger partial charge in [-0.15, -0.1) is 11.3 Å². The summed E-state index contributed by atoms with van der Waals surface area (Å²) in [6.07, 6.45) is 4.10. The van der Waals surface area contributed by atoms with Crippen molar-refractivity contribution < 1.29 is 0 Å². The fourth-order valence-electron chi connectivity index (χ4n) is 1.56. The summed E-state index contributed by atoms with van der Waals surface area (Å²) in [6, 6.07) is 0.545. The molecule has 3 heteroatoms. The van der Waals surface area contributed by atoms with Crippen molar-refractivity contribution in [2.45, 2.75) is 51.6 Å². The molecule has 1 aliphatic carbocycles.